The Bertz CT molecular complexity index is 488. The Balaban J connectivity index is 1.99. The number of hydrogen-bond donors (Lipinski definition) is 2. The molecule has 1 fully saturated rings. The molecule has 1 unspecified atom stereocenters. The summed E-state index contributed by atoms with van der Waals surface area (Å²) in [6, 6.07) is -0.766. The summed E-state index contributed by atoms with van der Waals surface area (Å²) in [4.78, 5) is 24.5. The van der Waals surface area contributed by atoms with Crippen LogP contribution in [0.2, 0.25) is 0 Å². The second-order valence-electron chi connectivity index (χ2n) is 4.53. The highest BCUT2D eigenvalue weighted by Crippen LogP contribution is 2.14. The van der Waals surface area contributed by atoms with Gasteiger partial charge in [-0.15, -0.1) is 0 Å². The van der Waals surface area contributed by atoms with E-state index >= 15 is 0 Å². The SMILES string of the molecule is CCn1cc(NC(=O)N2CCOCC2CC(=O)O)cn1. The number of carbonyl (C=O) groups excluding carboxylic acids is 1. The number of nitrogens with zero attached hydrogens (tertiary/aromatic N) is 3. The summed E-state index contributed by atoms with van der Waals surface area (Å²) in [5, 5.41) is 15.7. The molecule has 0 aromatic carbocycles. The maximum Gasteiger partial charge on any atom is 0.322 e. The van der Waals surface area contributed by atoms with Crippen molar-refractivity contribution >= 4 is 17.7 Å². The summed E-state index contributed by atoms with van der Waals surface area (Å²) >= 11 is 0. The van der Waals surface area contributed by atoms with E-state index in [9.17, 15) is 9.59 Å². The summed E-state index contributed by atoms with van der Waals surface area (Å²) in [5.74, 6) is -0.947. The molecular formula is C12H18N4O4. The average molecular weight is 282 g/mol. The lowest BCUT2D eigenvalue weighted by atomic mass is 10.1. The molecule has 2 N–H and O–H groups in total. The fraction of sp³-hybridized carbons (Fsp3) is 0.583. The van der Waals surface area contributed by atoms with Crippen LogP contribution >= 0.6 is 0 Å². The topological polar surface area (TPSA) is 96.7 Å². The van der Waals surface area contributed by atoms with Gasteiger partial charge in [0.1, 0.15) is 0 Å². The van der Waals surface area contributed by atoms with E-state index in [1.165, 1.54) is 4.90 Å². The van der Waals surface area contributed by atoms with E-state index in [-0.39, 0.29) is 19.1 Å². The Morgan fingerprint density at radius 3 is 3.05 bits per heavy atom. The first-order chi connectivity index (χ1) is 9.60. The van der Waals surface area contributed by atoms with E-state index in [2.05, 4.69) is 10.4 Å². The highest BCUT2D eigenvalue weighted by atomic mass is 16.5. The maximum atomic E-state index is 12.2. The van der Waals surface area contributed by atoms with Gasteiger partial charge >= 0.3 is 12.0 Å². The normalized spacial score (nSPS) is 18.9. The van der Waals surface area contributed by atoms with Crippen LogP contribution in [0.4, 0.5) is 10.5 Å². The molecule has 1 atom stereocenters. The molecule has 2 amide bonds. The smallest absolute Gasteiger partial charge is 0.322 e. The Labute approximate surface area is 116 Å². The Morgan fingerprint density at radius 2 is 2.40 bits per heavy atom. The molecule has 110 valence electrons. The monoisotopic (exact) mass is 282 g/mol. The van der Waals surface area contributed by atoms with Gasteiger partial charge in [0.2, 0.25) is 0 Å². The molecule has 0 bridgehead atoms. The summed E-state index contributed by atoms with van der Waals surface area (Å²) in [6.07, 6.45) is 3.17. The van der Waals surface area contributed by atoms with E-state index in [0.29, 0.717) is 18.8 Å². The summed E-state index contributed by atoms with van der Waals surface area (Å²) in [5.41, 5.74) is 0.595. The molecule has 8 nitrogen and oxygen atoms in total. The van der Waals surface area contributed by atoms with Crippen LogP contribution in [0.5, 0.6) is 0 Å². The molecule has 0 spiro atoms. The van der Waals surface area contributed by atoms with E-state index in [1.54, 1.807) is 17.1 Å². The van der Waals surface area contributed by atoms with Crippen LogP contribution in [0.15, 0.2) is 12.4 Å². The zero-order valence-electron chi connectivity index (χ0n) is 11.3. The predicted octanol–water partition coefficient (Wildman–Crippen LogP) is 0.610. The number of nitrogens with one attached hydrogen (secondary N) is 1. The number of anilines is 1. The molecule has 1 aliphatic rings. The second-order valence-corrected chi connectivity index (χ2v) is 4.53. The minimum Gasteiger partial charge on any atom is -0.481 e. The van der Waals surface area contributed by atoms with Crippen molar-refractivity contribution < 1.29 is 19.4 Å². The summed E-state index contributed by atoms with van der Waals surface area (Å²) < 4.78 is 6.93. The summed E-state index contributed by atoms with van der Waals surface area (Å²) in [6.45, 7) is 3.70. The molecule has 0 radical (unpaired) electrons. The van der Waals surface area contributed by atoms with E-state index in [4.69, 9.17) is 9.84 Å². The molecule has 8 heteroatoms. The molecule has 1 aromatic heterocycles. The highest BCUT2D eigenvalue weighted by molar-refractivity contribution is 5.89. The highest BCUT2D eigenvalue weighted by Gasteiger charge is 2.29. The van der Waals surface area contributed by atoms with Gasteiger partial charge in [-0.2, -0.15) is 5.10 Å². The summed E-state index contributed by atoms with van der Waals surface area (Å²) in [7, 11) is 0. The molecule has 2 heterocycles. The van der Waals surface area contributed by atoms with Crippen LogP contribution in [-0.2, 0) is 16.1 Å². The number of morpholine rings is 1. The fourth-order valence-electron chi connectivity index (χ4n) is 2.09. The molecule has 2 rings (SSSR count). The van der Waals surface area contributed by atoms with Crippen molar-refractivity contribution in [3.05, 3.63) is 12.4 Å². The number of carboxylic acid groups (broad SMARTS) is 1. The Hall–Kier alpha value is -2.09. The fourth-order valence-corrected chi connectivity index (χ4v) is 2.09. The number of carboxylic acids is 1. The Morgan fingerprint density at radius 1 is 1.60 bits per heavy atom. The van der Waals surface area contributed by atoms with Crippen molar-refractivity contribution in [1.29, 1.82) is 0 Å². The second kappa shape index (κ2) is 6.38. The maximum absolute atomic E-state index is 12.2. The van der Waals surface area contributed by atoms with Gasteiger partial charge < -0.3 is 20.1 Å². The zero-order valence-corrected chi connectivity index (χ0v) is 11.3. The number of urea groups is 1. The first kappa shape index (κ1) is 14.3. The standard InChI is InChI=1S/C12H18N4O4/c1-2-15-7-9(6-13-15)14-12(19)16-3-4-20-8-10(16)5-11(17)18/h6-7,10H,2-5,8H2,1H3,(H,14,19)(H,17,18). The number of ether oxygens (including phenoxy) is 1. The zero-order chi connectivity index (χ0) is 14.5. The van der Waals surface area contributed by atoms with Gasteiger partial charge in [-0.25, -0.2) is 4.79 Å². The Kier molecular flexibility index (Phi) is 4.57. The van der Waals surface area contributed by atoms with Crippen LogP contribution in [0.25, 0.3) is 0 Å². The van der Waals surface area contributed by atoms with Crippen LogP contribution in [0.3, 0.4) is 0 Å². The van der Waals surface area contributed by atoms with Crippen molar-refractivity contribution in [1.82, 2.24) is 14.7 Å². The van der Waals surface area contributed by atoms with Crippen LogP contribution in [-0.4, -0.2) is 57.6 Å². The minimum atomic E-state index is -0.947. The lowest BCUT2D eigenvalue weighted by Gasteiger charge is -2.34. The van der Waals surface area contributed by atoms with Crippen LogP contribution < -0.4 is 5.32 Å². The van der Waals surface area contributed by atoms with Gasteiger partial charge in [-0.3, -0.25) is 9.48 Å². The van der Waals surface area contributed by atoms with Gasteiger partial charge in [0.15, 0.2) is 0 Å². The van der Waals surface area contributed by atoms with Crippen molar-refractivity contribution in [3.63, 3.8) is 0 Å². The number of rotatable bonds is 4. The lowest BCUT2D eigenvalue weighted by molar-refractivity contribution is -0.139. The third kappa shape index (κ3) is 3.47. The number of carbonyl (C=O) groups is 2. The van der Waals surface area contributed by atoms with Gasteiger partial charge in [-0.05, 0) is 6.92 Å². The van der Waals surface area contributed by atoms with Gasteiger partial charge in [0.05, 0.1) is 37.6 Å². The van der Waals surface area contributed by atoms with E-state index < -0.39 is 12.0 Å². The minimum absolute atomic E-state index is 0.123. The van der Waals surface area contributed by atoms with Gasteiger partial charge in [0, 0.05) is 19.3 Å². The number of aryl methyl sites for hydroxylation is 1. The molecular weight excluding hydrogens is 264 g/mol. The van der Waals surface area contributed by atoms with Gasteiger partial charge in [-0.1, -0.05) is 0 Å². The van der Waals surface area contributed by atoms with Gasteiger partial charge in [0.25, 0.3) is 0 Å². The van der Waals surface area contributed by atoms with Crippen molar-refractivity contribution in [2.75, 3.05) is 25.1 Å². The molecule has 1 aliphatic heterocycles. The third-order valence-electron chi connectivity index (χ3n) is 3.11. The van der Waals surface area contributed by atoms with Crippen molar-refractivity contribution in [2.24, 2.45) is 0 Å². The van der Waals surface area contributed by atoms with Crippen LogP contribution in [0.1, 0.15) is 13.3 Å². The number of hydrogen-bond acceptors (Lipinski definition) is 4. The first-order valence-electron chi connectivity index (χ1n) is 6.49. The number of aliphatic carboxylic acids is 1. The average Bonchev–Trinajstić information content (AvgIpc) is 2.86. The number of aromatic nitrogens is 2. The first-order valence-corrected chi connectivity index (χ1v) is 6.49. The molecule has 1 saturated heterocycles. The largest absolute Gasteiger partial charge is 0.481 e. The van der Waals surface area contributed by atoms with Crippen molar-refractivity contribution in [3.8, 4) is 0 Å². The predicted molar refractivity (Wildman–Crippen MR) is 70.5 cm³/mol. The number of amides is 2. The molecule has 0 saturated carbocycles. The lowest BCUT2D eigenvalue weighted by Crippen LogP contribution is -2.51. The third-order valence-corrected chi connectivity index (χ3v) is 3.11. The van der Waals surface area contributed by atoms with Crippen LogP contribution in [0, 0.1) is 0 Å². The molecule has 1 aromatic rings. The quantitative estimate of drug-likeness (QED) is 0.843. The van der Waals surface area contributed by atoms with E-state index in [1.807, 2.05) is 6.92 Å². The molecule has 0 aliphatic carbocycles. The van der Waals surface area contributed by atoms with Crippen molar-refractivity contribution in [2.45, 2.75) is 25.9 Å². The van der Waals surface area contributed by atoms with E-state index in [0.717, 1.165) is 6.54 Å². The molecule has 20 heavy (non-hydrogen) atoms.